The van der Waals surface area contributed by atoms with Crippen molar-refractivity contribution in [1.29, 1.82) is 0 Å². The SMILES string of the molecule is CCC[C@@H]1CN(C(=O)C2CNC2)CC[C@H]1O. The van der Waals surface area contributed by atoms with Gasteiger partial charge >= 0.3 is 0 Å². The van der Waals surface area contributed by atoms with Gasteiger partial charge in [0.15, 0.2) is 0 Å². The minimum Gasteiger partial charge on any atom is -0.393 e. The van der Waals surface area contributed by atoms with Crippen LogP contribution in [0.1, 0.15) is 26.2 Å². The molecule has 2 saturated heterocycles. The van der Waals surface area contributed by atoms with Crippen molar-refractivity contribution < 1.29 is 9.90 Å². The molecular formula is C12H22N2O2. The van der Waals surface area contributed by atoms with Crippen LogP contribution in [0.5, 0.6) is 0 Å². The minimum absolute atomic E-state index is 0.192. The number of rotatable bonds is 3. The van der Waals surface area contributed by atoms with Crippen molar-refractivity contribution in [3.63, 3.8) is 0 Å². The van der Waals surface area contributed by atoms with Gasteiger partial charge in [0.25, 0.3) is 0 Å². The summed E-state index contributed by atoms with van der Waals surface area (Å²) in [5.74, 6) is 0.764. The first-order valence-electron chi connectivity index (χ1n) is 6.40. The molecule has 4 nitrogen and oxygen atoms in total. The lowest BCUT2D eigenvalue weighted by molar-refractivity contribution is -0.141. The Morgan fingerprint density at radius 1 is 1.50 bits per heavy atom. The minimum atomic E-state index is -0.205. The first kappa shape index (κ1) is 11.9. The zero-order valence-corrected chi connectivity index (χ0v) is 9.98. The first-order chi connectivity index (χ1) is 7.72. The number of likely N-dealkylation sites (tertiary alicyclic amines) is 1. The third-order valence-corrected chi connectivity index (χ3v) is 3.80. The number of hydrogen-bond donors (Lipinski definition) is 2. The molecule has 0 unspecified atom stereocenters. The van der Waals surface area contributed by atoms with Crippen molar-refractivity contribution in [2.45, 2.75) is 32.3 Å². The summed E-state index contributed by atoms with van der Waals surface area (Å²) in [6.07, 6.45) is 2.64. The number of carbonyl (C=O) groups is 1. The van der Waals surface area contributed by atoms with Crippen LogP contribution in [0.25, 0.3) is 0 Å². The van der Waals surface area contributed by atoms with E-state index in [0.717, 1.165) is 45.4 Å². The Balaban J connectivity index is 1.88. The molecule has 0 spiro atoms. The standard InChI is InChI=1S/C12H22N2O2/c1-2-3-9-8-14(5-4-11(9)15)12(16)10-6-13-7-10/h9-11,13,15H,2-8H2,1H3/t9-,11-/m1/s1. The van der Waals surface area contributed by atoms with Gasteiger partial charge in [0, 0.05) is 32.1 Å². The number of nitrogens with zero attached hydrogens (tertiary/aromatic N) is 1. The van der Waals surface area contributed by atoms with Crippen molar-refractivity contribution in [2.75, 3.05) is 26.2 Å². The van der Waals surface area contributed by atoms with Gasteiger partial charge in [0.2, 0.25) is 5.91 Å². The van der Waals surface area contributed by atoms with Crippen molar-refractivity contribution in [3.05, 3.63) is 0 Å². The highest BCUT2D eigenvalue weighted by molar-refractivity contribution is 5.80. The van der Waals surface area contributed by atoms with E-state index in [1.165, 1.54) is 0 Å². The molecule has 2 atom stereocenters. The van der Waals surface area contributed by atoms with Gasteiger partial charge in [-0.25, -0.2) is 0 Å². The van der Waals surface area contributed by atoms with E-state index in [0.29, 0.717) is 0 Å². The Morgan fingerprint density at radius 3 is 2.81 bits per heavy atom. The predicted octanol–water partition coefficient (Wildman–Crippen LogP) is 0.215. The Labute approximate surface area is 97.0 Å². The summed E-state index contributed by atoms with van der Waals surface area (Å²) in [7, 11) is 0. The molecule has 0 aromatic rings. The Hall–Kier alpha value is -0.610. The lowest BCUT2D eigenvalue weighted by Gasteiger charge is -2.39. The van der Waals surface area contributed by atoms with E-state index < -0.39 is 0 Å². The summed E-state index contributed by atoms with van der Waals surface area (Å²) in [5.41, 5.74) is 0. The summed E-state index contributed by atoms with van der Waals surface area (Å²) >= 11 is 0. The second-order valence-electron chi connectivity index (χ2n) is 5.04. The highest BCUT2D eigenvalue weighted by Gasteiger charge is 2.34. The summed E-state index contributed by atoms with van der Waals surface area (Å²) in [6.45, 7) is 5.27. The average Bonchev–Trinajstić information content (AvgIpc) is 2.19. The third-order valence-electron chi connectivity index (χ3n) is 3.80. The third kappa shape index (κ3) is 2.38. The van der Waals surface area contributed by atoms with Gasteiger partial charge in [0.05, 0.1) is 12.0 Å². The highest BCUT2D eigenvalue weighted by Crippen LogP contribution is 2.23. The molecule has 0 saturated carbocycles. The molecule has 2 aliphatic rings. The molecule has 0 aromatic heterocycles. The molecule has 0 bridgehead atoms. The summed E-state index contributed by atoms with van der Waals surface area (Å²) in [5, 5.41) is 13.0. The van der Waals surface area contributed by atoms with Gasteiger partial charge in [-0.3, -0.25) is 4.79 Å². The van der Waals surface area contributed by atoms with Crippen LogP contribution in [-0.4, -0.2) is 48.2 Å². The van der Waals surface area contributed by atoms with E-state index in [4.69, 9.17) is 0 Å². The highest BCUT2D eigenvalue weighted by atomic mass is 16.3. The molecule has 4 heteroatoms. The molecule has 2 N–H and O–H groups in total. The van der Waals surface area contributed by atoms with E-state index in [1.807, 2.05) is 4.90 Å². The van der Waals surface area contributed by atoms with E-state index in [2.05, 4.69) is 12.2 Å². The van der Waals surface area contributed by atoms with Crippen LogP contribution >= 0.6 is 0 Å². The fraction of sp³-hybridized carbons (Fsp3) is 0.917. The normalized spacial score (nSPS) is 31.2. The molecule has 92 valence electrons. The van der Waals surface area contributed by atoms with E-state index in [1.54, 1.807) is 0 Å². The number of amides is 1. The summed E-state index contributed by atoms with van der Waals surface area (Å²) in [4.78, 5) is 14.0. The predicted molar refractivity (Wildman–Crippen MR) is 62.0 cm³/mol. The molecule has 0 aliphatic carbocycles. The molecule has 2 rings (SSSR count). The molecule has 16 heavy (non-hydrogen) atoms. The van der Waals surface area contributed by atoms with Crippen molar-refractivity contribution >= 4 is 5.91 Å². The monoisotopic (exact) mass is 226 g/mol. The van der Waals surface area contributed by atoms with Crippen LogP contribution in [0, 0.1) is 11.8 Å². The molecule has 0 aromatic carbocycles. The molecule has 2 aliphatic heterocycles. The quantitative estimate of drug-likeness (QED) is 0.723. The lowest BCUT2D eigenvalue weighted by atomic mass is 9.89. The van der Waals surface area contributed by atoms with Gasteiger partial charge in [0.1, 0.15) is 0 Å². The number of aliphatic hydroxyl groups is 1. The number of piperidine rings is 1. The smallest absolute Gasteiger partial charge is 0.228 e. The fourth-order valence-electron chi connectivity index (χ4n) is 2.60. The van der Waals surface area contributed by atoms with Crippen LogP contribution in [0.15, 0.2) is 0 Å². The topological polar surface area (TPSA) is 52.6 Å². The molecule has 2 fully saturated rings. The zero-order chi connectivity index (χ0) is 11.5. The maximum Gasteiger partial charge on any atom is 0.228 e. The van der Waals surface area contributed by atoms with Crippen LogP contribution in [0.2, 0.25) is 0 Å². The molecule has 2 heterocycles. The van der Waals surface area contributed by atoms with E-state index >= 15 is 0 Å². The van der Waals surface area contributed by atoms with E-state index in [-0.39, 0.29) is 23.8 Å². The van der Waals surface area contributed by atoms with Crippen LogP contribution < -0.4 is 5.32 Å². The average molecular weight is 226 g/mol. The Bertz CT molecular complexity index is 253. The fourth-order valence-corrected chi connectivity index (χ4v) is 2.60. The zero-order valence-electron chi connectivity index (χ0n) is 9.98. The van der Waals surface area contributed by atoms with E-state index in [9.17, 15) is 9.90 Å². The Kier molecular flexibility index (Phi) is 3.82. The summed E-state index contributed by atoms with van der Waals surface area (Å²) < 4.78 is 0. The Morgan fingerprint density at radius 2 is 2.25 bits per heavy atom. The molecular weight excluding hydrogens is 204 g/mol. The number of aliphatic hydroxyl groups excluding tert-OH is 1. The van der Waals surface area contributed by atoms with Crippen LogP contribution in [0.4, 0.5) is 0 Å². The molecule has 1 amide bonds. The van der Waals surface area contributed by atoms with Crippen molar-refractivity contribution in [3.8, 4) is 0 Å². The first-order valence-corrected chi connectivity index (χ1v) is 6.40. The van der Waals surface area contributed by atoms with Gasteiger partial charge in [-0.2, -0.15) is 0 Å². The van der Waals surface area contributed by atoms with Crippen molar-refractivity contribution in [1.82, 2.24) is 10.2 Å². The van der Waals surface area contributed by atoms with Gasteiger partial charge in [-0.1, -0.05) is 13.3 Å². The number of carbonyl (C=O) groups excluding carboxylic acids is 1. The van der Waals surface area contributed by atoms with Gasteiger partial charge in [-0.15, -0.1) is 0 Å². The second-order valence-corrected chi connectivity index (χ2v) is 5.04. The summed E-state index contributed by atoms with van der Waals surface area (Å²) in [6, 6.07) is 0. The van der Waals surface area contributed by atoms with Gasteiger partial charge in [-0.05, 0) is 12.8 Å². The molecule has 0 radical (unpaired) electrons. The number of hydrogen-bond acceptors (Lipinski definition) is 3. The lowest BCUT2D eigenvalue weighted by Crippen LogP contribution is -2.55. The maximum absolute atomic E-state index is 12.0. The van der Waals surface area contributed by atoms with Crippen LogP contribution in [-0.2, 0) is 4.79 Å². The number of nitrogens with one attached hydrogen (secondary N) is 1. The van der Waals surface area contributed by atoms with Crippen LogP contribution in [0.3, 0.4) is 0 Å². The van der Waals surface area contributed by atoms with Gasteiger partial charge < -0.3 is 15.3 Å². The van der Waals surface area contributed by atoms with Crippen molar-refractivity contribution in [2.24, 2.45) is 11.8 Å². The second kappa shape index (κ2) is 5.15. The largest absolute Gasteiger partial charge is 0.393 e. The maximum atomic E-state index is 12.0.